The van der Waals surface area contributed by atoms with Crippen molar-refractivity contribution >= 4 is 40.0 Å². The first kappa shape index (κ1) is 22.4. The second-order valence-corrected chi connectivity index (χ2v) is 9.79. The molecule has 1 saturated carbocycles. The lowest BCUT2D eigenvalue weighted by atomic mass is 9.95. The van der Waals surface area contributed by atoms with Crippen molar-refractivity contribution in [3.63, 3.8) is 0 Å². The summed E-state index contributed by atoms with van der Waals surface area (Å²) in [5.41, 5.74) is 4.10. The standard InChI is InChI=1S/C25H27N7OS/c1-15-16(2)31(18-9-5-4-6-10-18)23(20(15)13-26)29-22(33)14-34-25-28-21-12-8-7-11-19(21)24-27-17(3)30-32(24)25/h7-8,11-12,18H,4-6,9-10,14H2,1-3H3,(H,29,33). The van der Waals surface area contributed by atoms with Gasteiger partial charge in [-0.25, -0.2) is 9.97 Å². The number of carbonyl (C=O) groups is 1. The van der Waals surface area contributed by atoms with E-state index in [9.17, 15) is 10.1 Å². The van der Waals surface area contributed by atoms with Crippen LogP contribution in [0.2, 0.25) is 0 Å². The van der Waals surface area contributed by atoms with E-state index in [2.05, 4.69) is 26.0 Å². The van der Waals surface area contributed by atoms with E-state index in [1.807, 2.05) is 45.0 Å². The minimum absolute atomic E-state index is 0.151. The molecule has 1 aromatic carbocycles. The number of hydrogen-bond donors (Lipinski definition) is 1. The smallest absolute Gasteiger partial charge is 0.235 e. The maximum absolute atomic E-state index is 13.1. The van der Waals surface area contributed by atoms with E-state index < -0.39 is 0 Å². The molecule has 34 heavy (non-hydrogen) atoms. The lowest BCUT2D eigenvalue weighted by molar-refractivity contribution is -0.113. The van der Waals surface area contributed by atoms with Crippen molar-refractivity contribution in [2.45, 2.75) is 64.1 Å². The number of nitriles is 1. The zero-order valence-corrected chi connectivity index (χ0v) is 20.4. The van der Waals surface area contributed by atoms with E-state index in [0.29, 0.717) is 28.4 Å². The Bertz CT molecular complexity index is 1440. The number of carbonyl (C=O) groups excluding carboxylic acids is 1. The van der Waals surface area contributed by atoms with E-state index in [0.717, 1.165) is 40.6 Å². The molecule has 9 heteroatoms. The third kappa shape index (κ3) is 3.92. The Morgan fingerprint density at radius 3 is 2.71 bits per heavy atom. The average molecular weight is 474 g/mol. The van der Waals surface area contributed by atoms with Gasteiger partial charge in [0.1, 0.15) is 17.7 Å². The summed E-state index contributed by atoms with van der Waals surface area (Å²) < 4.78 is 3.89. The highest BCUT2D eigenvalue weighted by molar-refractivity contribution is 7.99. The van der Waals surface area contributed by atoms with Gasteiger partial charge in [-0.05, 0) is 51.3 Å². The monoisotopic (exact) mass is 473 g/mol. The number of nitrogens with one attached hydrogen (secondary N) is 1. The Morgan fingerprint density at radius 2 is 1.94 bits per heavy atom. The Hall–Kier alpha value is -3.38. The fraction of sp³-hybridized carbons (Fsp3) is 0.400. The first-order valence-electron chi connectivity index (χ1n) is 11.6. The first-order valence-corrected chi connectivity index (χ1v) is 12.6. The van der Waals surface area contributed by atoms with Gasteiger partial charge in [0, 0.05) is 17.1 Å². The third-order valence-electron chi connectivity index (χ3n) is 6.65. The Labute approximate surface area is 202 Å². The summed E-state index contributed by atoms with van der Waals surface area (Å²) in [6.07, 6.45) is 5.74. The quantitative estimate of drug-likeness (QED) is 0.319. The van der Waals surface area contributed by atoms with Crippen LogP contribution < -0.4 is 5.32 Å². The van der Waals surface area contributed by atoms with Crippen LogP contribution in [0.5, 0.6) is 0 Å². The predicted octanol–water partition coefficient (Wildman–Crippen LogP) is 5.11. The molecule has 0 bridgehead atoms. The van der Waals surface area contributed by atoms with E-state index in [1.165, 1.54) is 31.0 Å². The second kappa shape index (κ2) is 9.11. The minimum atomic E-state index is -0.170. The van der Waals surface area contributed by atoms with Gasteiger partial charge in [-0.2, -0.15) is 9.78 Å². The maximum Gasteiger partial charge on any atom is 0.235 e. The maximum atomic E-state index is 13.1. The fourth-order valence-electron chi connectivity index (χ4n) is 4.91. The van der Waals surface area contributed by atoms with E-state index in [-0.39, 0.29) is 11.7 Å². The highest BCUT2D eigenvalue weighted by Gasteiger charge is 2.26. The van der Waals surface area contributed by atoms with E-state index >= 15 is 0 Å². The molecule has 1 fully saturated rings. The van der Waals surface area contributed by atoms with Crippen molar-refractivity contribution in [3.05, 3.63) is 46.9 Å². The highest BCUT2D eigenvalue weighted by Crippen LogP contribution is 2.37. The number of aryl methyl sites for hydroxylation is 1. The van der Waals surface area contributed by atoms with Crippen molar-refractivity contribution in [2.24, 2.45) is 0 Å². The molecular formula is C25H27N7OS. The van der Waals surface area contributed by atoms with Crippen LogP contribution >= 0.6 is 11.8 Å². The number of rotatable bonds is 5. The normalized spacial score (nSPS) is 14.5. The molecule has 8 nitrogen and oxygen atoms in total. The summed E-state index contributed by atoms with van der Waals surface area (Å²) in [7, 11) is 0. The van der Waals surface area contributed by atoms with Gasteiger partial charge in [0.15, 0.2) is 10.8 Å². The number of anilines is 1. The van der Waals surface area contributed by atoms with Gasteiger partial charge in [0.05, 0.1) is 16.8 Å². The molecule has 5 rings (SSSR count). The van der Waals surface area contributed by atoms with Crippen LogP contribution in [-0.2, 0) is 4.79 Å². The average Bonchev–Trinajstić information content (AvgIpc) is 3.35. The number of nitrogens with zero attached hydrogens (tertiary/aromatic N) is 6. The number of thioether (sulfide) groups is 1. The molecule has 1 aliphatic rings. The summed E-state index contributed by atoms with van der Waals surface area (Å²) in [5.74, 6) is 1.26. The van der Waals surface area contributed by atoms with Gasteiger partial charge in [-0.3, -0.25) is 4.79 Å². The fourth-order valence-corrected chi connectivity index (χ4v) is 5.65. The van der Waals surface area contributed by atoms with Gasteiger partial charge < -0.3 is 9.88 Å². The van der Waals surface area contributed by atoms with Crippen LogP contribution in [0.4, 0.5) is 5.82 Å². The van der Waals surface area contributed by atoms with Crippen molar-refractivity contribution in [2.75, 3.05) is 11.1 Å². The molecule has 3 heterocycles. The van der Waals surface area contributed by atoms with Crippen molar-refractivity contribution in [3.8, 4) is 6.07 Å². The topological polar surface area (TPSA) is 101 Å². The number of hydrogen-bond acceptors (Lipinski definition) is 6. The van der Waals surface area contributed by atoms with Gasteiger partial charge >= 0.3 is 0 Å². The van der Waals surface area contributed by atoms with Crippen LogP contribution in [0.1, 0.15) is 60.8 Å². The predicted molar refractivity (Wildman–Crippen MR) is 133 cm³/mol. The lowest BCUT2D eigenvalue weighted by Crippen LogP contribution is -2.22. The SMILES string of the molecule is Cc1nc2c3ccccc3nc(SCC(=O)Nc3c(C#N)c(C)c(C)n3C3CCCCC3)n2n1. The van der Waals surface area contributed by atoms with E-state index in [1.54, 1.807) is 4.52 Å². The number of fused-ring (bicyclic) bond motifs is 3. The lowest BCUT2D eigenvalue weighted by Gasteiger charge is -2.27. The number of aromatic nitrogens is 5. The second-order valence-electron chi connectivity index (χ2n) is 8.85. The summed E-state index contributed by atoms with van der Waals surface area (Å²) in [6.45, 7) is 5.84. The molecule has 1 aliphatic carbocycles. The largest absolute Gasteiger partial charge is 0.327 e. The zero-order chi connectivity index (χ0) is 23.8. The molecule has 0 atom stereocenters. The van der Waals surface area contributed by atoms with Crippen LogP contribution in [0.15, 0.2) is 29.4 Å². The Kier molecular flexibility index (Phi) is 6.00. The Balaban J connectivity index is 1.42. The molecule has 3 aromatic heterocycles. The molecule has 0 aliphatic heterocycles. The third-order valence-corrected chi connectivity index (χ3v) is 7.58. The Morgan fingerprint density at radius 1 is 1.18 bits per heavy atom. The van der Waals surface area contributed by atoms with E-state index in [4.69, 9.17) is 4.98 Å². The molecule has 0 saturated heterocycles. The number of amides is 1. The van der Waals surface area contributed by atoms with Gasteiger partial charge in [0.25, 0.3) is 0 Å². The van der Waals surface area contributed by atoms with Crippen LogP contribution in [0, 0.1) is 32.1 Å². The molecule has 0 spiro atoms. The van der Waals surface area contributed by atoms with Crippen molar-refractivity contribution in [1.82, 2.24) is 24.1 Å². The highest BCUT2D eigenvalue weighted by atomic mass is 32.2. The minimum Gasteiger partial charge on any atom is -0.327 e. The number of benzene rings is 1. The van der Waals surface area contributed by atoms with Crippen LogP contribution in [0.3, 0.4) is 0 Å². The zero-order valence-electron chi connectivity index (χ0n) is 19.6. The molecule has 1 amide bonds. The molecule has 174 valence electrons. The molecular weight excluding hydrogens is 446 g/mol. The summed E-state index contributed by atoms with van der Waals surface area (Å²) in [4.78, 5) is 22.4. The molecule has 4 aromatic rings. The summed E-state index contributed by atoms with van der Waals surface area (Å²) in [6, 6.07) is 10.4. The first-order chi connectivity index (χ1) is 16.5. The molecule has 0 radical (unpaired) electrons. The van der Waals surface area contributed by atoms with Crippen LogP contribution in [0.25, 0.3) is 16.6 Å². The summed E-state index contributed by atoms with van der Waals surface area (Å²) in [5, 5.41) is 18.9. The molecule has 0 unspecified atom stereocenters. The summed E-state index contributed by atoms with van der Waals surface area (Å²) >= 11 is 1.32. The van der Waals surface area contributed by atoms with Crippen molar-refractivity contribution in [1.29, 1.82) is 5.26 Å². The van der Waals surface area contributed by atoms with Gasteiger partial charge in [0.2, 0.25) is 5.91 Å². The van der Waals surface area contributed by atoms with Crippen molar-refractivity contribution < 1.29 is 4.79 Å². The van der Waals surface area contributed by atoms with Gasteiger partial charge in [-0.1, -0.05) is 43.2 Å². The molecule has 1 N–H and O–H groups in total. The number of para-hydroxylation sites is 1. The van der Waals surface area contributed by atoms with Gasteiger partial charge in [-0.15, -0.1) is 5.10 Å². The van der Waals surface area contributed by atoms with Crippen LogP contribution in [-0.4, -0.2) is 35.8 Å².